The van der Waals surface area contributed by atoms with Crippen molar-refractivity contribution in [2.24, 2.45) is 7.05 Å². The fourth-order valence-corrected chi connectivity index (χ4v) is 3.87. The first-order valence-corrected chi connectivity index (χ1v) is 10.3. The van der Waals surface area contributed by atoms with Gasteiger partial charge in [-0.2, -0.15) is 4.98 Å². The van der Waals surface area contributed by atoms with Gasteiger partial charge in [-0.15, -0.1) is 0 Å². The highest BCUT2D eigenvalue weighted by atomic mass is 16.2. The highest BCUT2D eigenvalue weighted by molar-refractivity contribution is 5.94. The molecule has 0 aliphatic carbocycles. The summed E-state index contributed by atoms with van der Waals surface area (Å²) in [6, 6.07) is 9.27. The van der Waals surface area contributed by atoms with Gasteiger partial charge in [0.1, 0.15) is 0 Å². The molecule has 0 saturated carbocycles. The van der Waals surface area contributed by atoms with Crippen LogP contribution in [0.1, 0.15) is 30.1 Å². The molecule has 1 amide bonds. The van der Waals surface area contributed by atoms with Crippen LogP contribution in [0.4, 0.5) is 5.95 Å². The molecule has 0 bridgehead atoms. The van der Waals surface area contributed by atoms with E-state index in [0.717, 1.165) is 12.8 Å². The second kappa shape index (κ2) is 8.17. The van der Waals surface area contributed by atoms with Gasteiger partial charge in [-0.05, 0) is 18.6 Å². The van der Waals surface area contributed by atoms with Crippen LogP contribution >= 0.6 is 0 Å². The highest BCUT2D eigenvalue weighted by Crippen LogP contribution is 2.22. The molecule has 0 unspecified atom stereocenters. The molecule has 9 nitrogen and oxygen atoms in total. The Morgan fingerprint density at radius 2 is 1.80 bits per heavy atom. The number of H-pyrrole nitrogens is 1. The quantitative estimate of drug-likeness (QED) is 0.682. The number of carbonyl (C=O) groups excluding carboxylic acids is 1. The molecular weight excluding hydrogens is 384 g/mol. The first kappa shape index (κ1) is 19.9. The van der Waals surface area contributed by atoms with Crippen LogP contribution in [0.2, 0.25) is 0 Å². The number of hydrogen-bond donors (Lipinski definition) is 1. The number of amides is 1. The SMILES string of the molecule is CCCCn1c(N2CCN(C(=O)c3ccccc3)CC2)nc2c1c(=O)[nH]c(=O)n2C. The number of piperazine rings is 1. The predicted molar refractivity (Wildman–Crippen MR) is 115 cm³/mol. The average molecular weight is 410 g/mol. The number of carbonyl (C=O) groups is 1. The van der Waals surface area contributed by atoms with E-state index >= 15 is 0 Å². The second-order valence-electron chi connectivity index (χ2n) is 7.55. The number of unbranched alkanes of at least 4 members (excludes halogenated alkanes) is 1. The number of anilines is 1. The summed E-state index contributed by atoms with van der Waals surface area (Å²) < 4.78 is 3.28. The normalized spacial score (nSPS) is 14.5. The molecule has 3 heterocycles. The Balaban J connectivity index is 1.63. The van der Waals surface area contributed by atoms with E-state index in [1.54, 1.807) is 7.05 Å². The van der Waals surface area contributed by atoms with Gasteiger partial charge in [0, 0.05) is 45.3 Å². The summed E-state index contributed by atoms with van der Waals surface area (Å²) in [5, 5.41) is 0. The Morgan fingerprint density at radius 3 is 2.47 bits per heavy atom. The van der Waals surface area contributed by atoms with E-state index in [9.17, 15) is 14.4 Å². The molecule has 0 radical (unpaired) electrons. The summed E-state index contributed by atoms with van der Waals surface area (Å²) in [5.41, 5.74) is 0.599. The molecule has 0 spiro atoms. The van der Waals surface area contributed by atoms with Crippen LogP contribution < -0.4 is 16.1 Å². The van der Waals surface area contributed by atoms with Crippen molar-refractivity contribution < 1.29 is 4.79 Å². The average Bonchev–Trinajstić information content (AvgIpc) is 3.16. The van der Waals surface area contributed by atoms with Crippen LogP contribution in [0.25, 0.3) is 11.2 Å². The van der Waals surface area contributed by atoms with Crippen LogP contribution in [-0.4, -0.2) is 56.1 Å². The van der Waals surface area contributed by atoms with E-state index in [1.807, 2.05) is 39.8 Å². The van der Waals surface area contributed by atoms with Crippen LogP contribution in [-0.2, 0) is 13.6 Å². The van der Waals surface area contributed by atoms with Crippen molar-refractivity contribution in [2.45, 2.75) is 26.3 Å². The number of rotatable bonds is 5. The van der Waals surface area contributed by atoms with E-state index in [4.69, 9.17) is 0 Å². The molecule has 1 saturated heterocycles. The number of aryl methyl sites for hydroxylation is 2. The number of nitrogens with one attached hydrogen (secondary N) is 1. The van der Waals surface area contributed by atoms with Crippen LogP contribution in [0, 0.1) is 0 Å². The molecular formula is C21H26N6O3. The summed E-state index contributed by atoms with van der Waals surface area (Å²) in [4.78, 5) is 48.2. The van der Waals surface area contributed by atoms with E-state index < -0.39 is 11.2 Å². The Kier molecular flexibility index (Phi) is 5.43. The van der Waals surface area contributed by atoms with Crippen LogP contribution in [0.15, 0.2) is 39.9 Å². The molecule has 0 atom stereocenters. The van der Waals surface area contributed by atoms with Gasteiger partial charge in [0.25, 0.3) is 11.5 Å². The Labute approximate surface area is 173 Å². The monoisotopic (exact) mass is 410 g/mol. The molecule has 1 aliphatic heterocycles. The van der Waals surface area contributed by atoms with Crippen molar-refractivity contribution in [3.8, 4) is 0 Å². The van der Waals surface area contributed by atoms with Gasteiger partial charge in [-0.1, -0.05) is 31.5 Å². The summed E-state index contributed by atoms with van der Waals surface area (Å²) in [6.45, 7) is 5.10. The number of hydrogen-bond acceptors (Lipinski definition) is 5. The standard InChI is InChI=1S/C21H26N6O3/c1-3-4-10-27-16-17(24(2)21(30)23-18(16)28)22-20(27)26-13-11-25(12-14-26)19(29)15-8-6-5-7-9-15/h5-9H,3-4,10-14H2,1-2H3,(H,23,28,30). The molecule has 1 aromatic carbocycles. The second-order valence-corrected chi connectivity index (χ2v) is 7.55. The zero-order chi connectivity index (χ0) is 21.3. The summed E-state index contributed by atoms with van der Waals surface area (Å²) in [5.74, 6) is 0.700. The molecule has 2 aromatic heterocycles. The lowest BCUT2D eigenvalue weighted by Gasteiger charge is -2.35. The Morgan fingerprint density at radius 1 is 1.10 bits per heavy atom. The fraction of sp³-hybridized carbons (Fsp3) is 0.429. The minimum absolute atomic E-state index is 0.0218. The van der Waals surface area contributed by atoms with Gasteiger partial charge in [0.2, 0.25) is 5.95 Å². The lowest BCUT2D eigenvalue weighted by Crippen LogP contribution is -2.49. The first-order chi connectivity index (χ1) is 14.5. The van der Waals surface area contributed by atoms with Crippen molar-refractivity contribution in [1.82, 2.24) is 24.0 Å². The van der Waals surface area contributed by atoms with Gasteiger partial charge in [0.15, 0.2) is 11.2 Å². The topological polar surface area (TPSA) is 96.2 Å². The number of benzene rings is 1. The van der Waals surface area contributed by atoms with Crippen LogP contribution in [0.5, 0.6) is 0 Å². The summed E-state index contributed by atoms with van der Waals surface area (Å²) in [6.07, 6.45) is 1.87. The van der Waals surface area contributed by atoms with E-state index in [-0.39, 0.29) is 5.91 Å². The largest absolute Gasteiger partial charge is 0.339 e. The van der Waals surface area contributed by atoms with Gasteiger partial charge < -0.3 is 14.4 Å². The van der Waals surface area contributed by atoms with E-state index in [2.05, 4.69) is 21.8 Å². The third-order valence-corrected chi connectivity index (χ3v) is 5.59. The molecule has 158 valence electrons. The lowest BCUT2D eigenvalue weighted by atomic mass is 10.2. The number of nitrogens with zero attached hydrogens (tertiary/aromatic N) is 5. The Hall–Kier alpha value is -3.36. The first-order valence-electron chi connectivity index (χ1n) is 10.3. The third-order valence-electron chi connectivity index (χ3n) is 5.59. The minimum Gasteiger partial charge on any atom is -0.339 e. The molecule has 1 N–H and O–H groups in total. The zero-order valence-electron chi connectivity index (χ0n) is 17.3. The third kappa shape index (κ3) is 3.51. The van der Waals surface area contributed by atoms with E-state index in [0.29, 0.717) is 55.4 Å². The smallest absolute Gasteiger partial charge is 0.329 e. The van der Waals surface area contributed by atoms with Gasteiger partial charge in [0.05, 0.1) is 0 Å². The number of fused-ring (bicyclic) bond motifs is 1. The Bertz CT molecular complexity index is 1170. The zero-order valence-corrected chi connectivity index (χ0v) is 17.3. The molecule has 30 heavy (non-hydrogen) atoms. The summed E-state index contributed by atoms with van der Waals surface area (Å²) in [7, 11) is 1.61. The van der Waals surface area contributed by atoms with Crippen molar-refractivity contribution in [3.05, 3.63) is 56.7 Å². The number of aromatic amines is 1. The maximum absolute atomic E-state index is 12.7. The number of imidazole rings is 1. The summed E-state index contributed by atoms with van der Waals surface area (Å²) >= 11 is 0. The maximum Gasteiger partial charge on any atom is 0.329 e. The van der Waals surface area contributed by atoms with Gasteiger partial charge in [-0.25, -0.2) is 4.79 Å². The van der Waals surface area contributed by atoms with Crippen molar-refractivity contribution in [3.63, 3.8) is 0 Å². The van der Waals surface area contributed by atoms with Crippen molar-refractivity contribution >= 4 is 23.0 Å². The predicted octanol–water partition coefficient (Wildman–Crippen LogP) is 1.19. The fourth-order valence-electron chi connectivity index (χ4n) is 3.87. The van der Waals surface area contributed by atoms with Gasteiger partial charge in [-0.3, -0.25) is 19.1 Å². The molecule has 1 aliphatic rings. The van der Waals surface area contributed by atoms with Crippen molar-refractivity contribution in [1.29, 1.82) is 0 Å². The van der Waals surface area contributed by atoms with Gasteiger partial charge >= 0.3 is 5.69 Å². The molecule has 4 rings (SSSR count). The number of aromatic nitrogens is 4. The molecule has 3 aromatic rings. The van der Waals surface area contributed by atoms with Crippen LogP contribution in [0.3, 0.4) is 0 Å². The van der Waals surface area contributed by atoms with E-state index in [1.165, 1.54) is 4.57 Å². The van der Waals surface area contributed by atoms with Crippen molar-refractivity contribution in [2.75, 3.05) is 31.1 Å². The minimum atomic E-state index is -0.475. The maximum atomic E-state index is 12.7. The highest BCUT2D eigenvalue weighted by Gasteiger charge is 2.26. The molecule has 1 fully saturated rings. The lowest BCUT2D eigenvalue weighted by molar-refractivity contribution is 0.0746. The molecule has 9 heteroatoms.